The number of nitrogens with one attached hydrogen (secondary N) is 1. The first kappa shape index (κ1) is 19.3. The third-order valence-corrected chi connectivity index (χ3v) is 6.39. The molecule has 1 aliphatic heterocycles. The first-order valence-corrected chi connectivity index (χ1v) is 10.1. The maximum Gasteiger partial charge on any atom is 0.307 e. The summed E-state index contributed by atoms with van der Waals surface area (Å²) >= 11 is 0. The quantitative estimate of drug-likeness (QED) is 0.674. The fraction of sp³-hybridized carbons (Fsp3) is 0.391. The second-order valence-corrected chi connectivity index (χ2v) is 8.11. The Labute approximate surface area is 169 Å². The van der Waals surface area contributed by atoms with Crippen molar-refractivity contribution in [3.05, 3.63) is 76.7 Å². The van der Waals surface area contributed by atoms with Crippen LogP contribution in [0.3, 0.4) is 0 Å². The summed E-state index contributed by atoms with van der Waals surface area (Å²) in [6, 6.07) is 19.7. The molecule has 0 amide bonds. The predicted octanol–water partition coefficient (Wildman–Crippen LogP) is 2.80. The van der Waals surface area contributed by atoms with Crippen molar-refractivity contribution in [3.63, 3.8) is 0 Å². The summed E-state index contributed by atoms with van der Waals surface area (Å²) in [7, 11) is 0. The van der Waals surface area contributed by atoms with Gasteiger partial charge >= 0.3 is 5.97 Å². The number of carboxylic acid groups (broad SMARTS) is 1. The zero-order valence-electron chi connectivity index (χ0n) is 16.2. The van der Waals surface area contributed by atoms with Crippen LogP contribution in [0, 0.1) is 22.7 Å². The smallest absolute Gasteiger partial charge is 0.307 e. The number of carbonyl (C=O) groups is 2. The summed E-state index contributed by atoms with van der Waals surface area (Å²) in [6.07, 6.45) is 2.48. The molecule has 6 nitrogen and oxygen atoms in total. The Morgan fingerprint density at radius 3 is 2.14 bits per heavy atom. The Hall–Kier alpha value is -3.02. The number of Topliss-reactive ketones (excluding diaryl/α,β-unsaturated/α-hetero) is 1. The molecule has 29 heavy (non-hydrogen) atoms. The van der Waals surface area contributed by atoms with E-state index in [0.29, 0.717) is 24.1 Å². The summed E-state index contributed by atoms with van der Waals surface area (Å²) in [4.78, 5) is 37.4. The van der Waals surface area contributed by atoms with Gasteiger partial charge < -0.3 is 5.11 Å². The summed E-state index contributed by atoms with van der Waals surface area (Å²) in [6.45, 7) is -0.233. The number of carboxylic acids is 1. The van der Waals surface area contributed by atoms with Crippen LogP contribution < -0.4 is 5.43 Å². The van der Waals surface area contributed by atoms with Crippen LogP contribution in [0.25, 0.3) is 0 Å². The molecule has 6 heteroatoms. The van der Waals surface area contributed by atoms with Gasteiger partial charge in [0.2, 0.25) is 5.78 Å². The molecule has 4 atom stereocenters. The minimum atomic E-state index is -1.10. The number of rotatable bonds is 8. The third kappa shape index (κ3) is 3.79. The van der Waals surface area contributed by atoms with E-state index in [4.69, 9.17) is 0 Å². The van der Waals surface area contributed by atoms with Gasteiger partial charge in [0.05, 0.1) is 10.8 Å². The van der Waals surface area contributed by atoms with Crippen molar-refractivity contribution in [2.24, 2.45) is 17.8 Å². The van der Waals surface area contributed by atoms with E-state index in [-0.39, 0.29) is 24.2 Å². The third-order valence-electron chi connectivity index (χ3n) is 6.39. The van der Waals surface area contributed by atoms with E-state index in [9.17, 15) is 19.6 Å². The van der Waals surface area contributed by atoms with E-state index in [1.165, 1.54) is 0 Å². The van der Waals surface area contributed by atoms with Gasteiger partial charge in [-0.05, 0) is 42.7 Å². The van der Waals surface area contributed by atoms with Gasteiger partial charge in [0.1, 0.15) is 4.87 Å². The number of carbonyl (C=O) groups excluding carboxylic acids is 1. The molecule has 2 N–H and O–H groups in total. The number of nitrogens with zero attached hydrogens (tertiary/aromatic N) is 1. The van der Waals surface area contributed by atoms with Gasteiger partial charge in [0, 0.05) is 5.92 Å². The van der Waals surface area contributed by atoms with Crippen LogP contribution in [-0.2, 0) is 22.4 Å². The van der Waals surface area contributed by atoms with Crippen LogP contribution in [0.1, 0.15) is 24.0 Å². The van der Waals surface area contributed by atoms with E-state index in [2.05, 4.69) is 5.43 Å². The predicted molar refractivity (Wildman–Crippen MR) is 107 cm³/mol. The van der Waals surface area contributed by atoms with Gasteiger partial charge in [-0.1, -0.05) is 60.7 Å². The lowest BCUT2D eigenvalue weighted by atomic mass is 9.82. The molecule has 150 valence electrons. The molecular weight excluding hydrogens is 368 g/mol. The zero-order valence-corrected chi connectivity index (χ0v) is 16.2. The summed E-state index contributed by atoms with van der Waals surface area (Å²) in [5.41, 5.74) is 3.95. The SMILES string of the molecule is O=C(O)C1C(CCc2ccccc2)C1C1(CCc2ccccc2)N[N+](=O)CC1=O. The molecular formula is C23H25N2O4+. The number of hydrazine groups is 1. The largest absolute Gasteiger partial charge is 0.481 e. The Balaban J connectivity index is 1.55. The van der Waals surface area contributed by atoms with Crippen LogP contribution in [-0.4, -0.2) is 33.8 Å². The van der Waals surface area contributed by atoms with Gasteiger partial charge in [-0.2, -0.15) is 0 Å². The minimum Gasteiger partial charge on any atom is -0.481 e. The van der Waals surface area contributed by atoms with Crippen molar-refractivity contribution in [2.75, 3.05) is 6.54 Å². The fourth-order valence-electron chi connectivity index (χ4n) is 4.92. The van der Waals surface area contributed by atoms with E-state index in [0.717, 1.165) is 17.5 Å². The summed E-state index contributed by atoms with van der Waals surface area (Å²) in [5, 5.41) is 9.77. The Morgan fingerprint density at radius 1 is 1.03 bits per heavy atom. The molecule has 0 bridgehead atoms. The number of benzene rings is 2. The monoisotopic (exact) mass is 393 g/mol. The molecule has 2 aromatic carbocycles. The van der Waals surface area contributed by atoms with E-state index in [1.54, 1.807) is 0 Å². The highest BCUT2D eigenvalue weighted by Gasteiger charge is 2.71. The molecule has 0 radical (unpaired) electrons. The summed E-state index contributed by atoms with van der Waals surface area (Å²) in [5.74, 6) is -2.16. The number of hydrogen-bond acceptors (Lipinski definition) is 3. The molecule has 2 aromatic rings. The standard InChI is InChI=1S/C23H24N2O4/c26-19-15-25(29)24-23(19,14-13-17-9-5-2-6-10-17)21-18(20(21)22(27)28)12-11-16-7-3-1-4-8-16/h1-10,18,20-21H,11-15H2,(H-,24,27,28,29)/p+1. The molecule has 1 saturated heterocycles. The van der Waals surface area contributed by atoms with Crippen LogP contribution in [0.2, 0.25) is 0 Å². The highest BCUT2D eigenvalue weighted by molar-refractivity contribution is 5.93. The van der Waals surface area contributed by atoms with Crippen LogP contribution in [0.15, 0.2) is 60.7 Å². The maximum atomic E-state index is 12.9. The highest BCUT2D eigenvalue weighted by Crippen LogP contribution is 2.57. The number of ketones is 1. The van der Waals surface area contributed by atoms with Gasteiger partial charge in [0.15, 0.2) is 5.54 Å². The molecule has 1 heterocycles. The average molecular weight is 393 g/mol. The number of aliphatic carboxylic acids is 1. The molecule has 1 saturated carbocycles. The number of nitroso groups, excluding NO2 is 1. The van der Waals surface area contributed by atoms with Gasteiger partial charge in [0.25, 0.3) is 6.54 Å². The highest BCUT2D eigenvalue weighted by atomic mass is 16.4. The fourth-order valence-corrected chi connectivity index (χ4v) is 4.92. The first-order chi connectivity index (χ1) is 14.0. The van der Waals surface area contributed by atoms with Crippen molar-refractivity contribution < 1.29 is 19.6 Å². The first-order valence-electron chi connectivity index (χ1n) is 10.1. The molecule has 4 unspecified atom stereocenters. The molecule has 2 fully saturated rings. The van der Waals surface area contributed by atoms with Gasteiger partial charge in [-0.25, -0.2) is 0 Å². The van der Waals surface area contributed by atoms with Crippen molar-refractivity contribution in [1.82, 2.24) is 5.43 Å². The molecule has 0 aromatic heterocycles. The van der Waals surface area contributed by atoms with Gasteiger partial charge in [-0.3, -0.25) is 9.59 Å². The lowest BCUT2D eigenvalue weighted by molar-refractivity contribution is -0.590. The number of aryl methyl sites for hydroxylation is 2. The number of hydrogen-bond donors (Lipinski definition) is 2. The van der Waals surface area contributed by atoms with Crippen LogP contribution in [0.5, 0.6) is 0 Å². The van der Waals surface area contributed by atoms with Crippen molar-refractivity contribution >= 4 is 11.8 Å². The molecule has 0 spiro atoms. The lowest BCUT2D eigenvalue weighted by Crippen LogP contribution is -2.50. The van der Waals surface area contributed by atoms with Crippen LogP contribution in [0.4, 0.5) is 0 Å². The second-order valence-electron chi connectivity index (χ2n) is 8.11. The zero-order chi connectivity index (χ0) is 20.4. The molecule has 2 aliphatic rings. The van der Waals surface area contributed by atoms with Crippen molar-refractivity contribution in [3.8, 4) is 0 Å². The Morgan fingerprint density at radius 2 is 1.62 bits per heavy atom. The average Bonchev–Trinajstić information content (AvgIpc) is 3.39. The Kier molecular flexibility index (Phi) is 5.18. The van der Waals surface area contributed by atoms with E-state index >= 15 is 0 Å². The summed E-state index contributed by atoms with van der Waals surface area (Å²) < 4.78 is 0. The second kappa shape index (κ2) is 7.78. The normalized spacial score (nSPS) is 28.2. The molecule has 1 aliphatic carbocycles. The minimum absolute atomic E-state index is 0.119. The molecule has 4 rings (SSSR count). The van der Waals surface area contributed by atoms with E-state index < -0.39 is 17.4 Å². The van der Waals surface area contributed by atoms with Crippen LogP contribution >= 0.6 is 0 Å². The Bertz CT molecular complexity index is 915. The topological polar surface area (TPSA) is 86.5 Å². The van der Waals surface area contributed by atoms with Crippen molar-refractivity contribution in [1.29, 1.82) is 0 Å². The maximum absolute atomic E-state index is 12.9. The van der Waals surface area contributed by atoms with E-state index in [1.807, 2.05) is 60.7 Å². The van der Waals surface area contributed by atoms with Crippen molar-refractivity contribution in [2.45, 2.75) is 31.2 Å². The lowest BCUT2D eigenvalue weighted by Gasteiger charge is -2.23. The van der Waals surface area contributed by atoms with Gasteiger partial charge in [-0.15, -0.1) is 5.43 Å².